The van der Waals surface area contributed by atoms with E-state index in [4.69, 9.17) is 0 Å². The number of hydrogen-bond donors (Lipinski definition) is 0. The van der Waals surface area contributed by atoms with Gasteiger partial charge in [-0.25, -0.2) is 4.90 Å². The molecule has 1 fully saturated rings. The van der Waals surface area contributed by atoms with E-state index in [0.29, 0.717) is 25.7 Å². The standard InChI is InChI=1S/C10H15NO3/c1-3-7(2)10(14)11-8(12)5-4-6-9(11)13/h7H,3-6H2,1-2H3. The summed E-state index contributed by atoms with van der Waals surface area (Å²) in [4.78, 5) is 35.2. The maximum absolute atomic E-state index is 11.6. The van der Waals surface area contributed by atoms with Gasteiger partial charge in [0.1, 0.15) is 0 Å². The van der Waals surface area contributed by atoms with Crippen LogP contribution in [-0.2, 0) is 14.4 Å². The van der Waals surface area contributed by atoms with Crippen LogP contribution in [-0.4, -0.2) is 22.6 Å². The van der Waals surface area contributed by atoms with Gasteiger partial charge in [-0.1, -0.05) is 13.8 Å². The molecule has 0 radical (unpaired) electrons. The van der Waals surface area contributed by atoms with Gasteiger partial charge >= 0.3 is 0 Å². The molecular formula is C10H15NO3. The van der Waals surface area contributed by atoms with Crippen molar-refractivity contribution in [2.24, 2.45) is 5.92 Å². The second kappa shape index (κ2) is 4.35. The Balaban J connectivity index is 2.78. The maximum Gasteiger partial charge on any atom is 0.238 e. The van der Waals surface area contributed by atoms with Crippen molar-refractivity contribution in [1.82, 2.24) is 4.90 Å². The fraction of sp³-hybridized carbons (Fsp3) is 0.700. The molecule has 78 valence electrons. The topological polar surface area (TPSA) is 54.5 Å². The highest BCUT2D eigenvalue weighted by atomic mass is 16.2. The average molecular weight is 197 g/mol. The maximum atomic E-state index is 11.6. The van der Waals surface area contributed by atoms with Crippen LogP contribution in [0, 0.1) is 5.92 Å². The zero-order valence-corrected chi connectivity index (χ0v) is 8.58. The summed E-state index contributed by atoms with van der Waals surface area (Å²) in [5.74, 6) is -1.28. The van der Waals surface area contributed by atoms with Gasteiger partial charge in [-0.3, -0.25) is 14.4 Å². The van der Waals surface area contributed by atoms with Crippen molar-refractivity contribution >= 4 is 17.7 Å². The summed E-state index contributed by atoms with van der Waals surface area (Å²) in [7, 11) is 0. The molecule has 14 heavy (non-hydrogen) atoms. The van der Waals surface area contributed by atoms with Crippen molar-refractivity contribution in [1.29, 1.82) is 0 Å². The Kier molecular flexibility index (Phi) is 3.38. The Morgan fingerprint density at radius 2 is 1.86 bits per heavy atom. The minimum absolute atomic E-state index is 0.249. The number of amides is 3. The van der Waals surface area contributed by atoms with Crippen molar-refractivity contribution in [2.45, 2.75) is 39.5 Å². The molecule has 1 aliphatic heterocycles. The highest BCUT2D eigenvalue weighted by Crippen LogP contribution is 2.16. The van der Waals surface area contributed by atoms with Crippen LogP contribution in [0.2, 0.25) is 0 Å². The highest BCUT2D eigenvalue weighted by molar-refractivity contribution is 6.12. The van der Waals surface area contributed by atoms with Gasteiger partial charge in [0.05, 0.1) is 0 Å². The number of rotatable bonds is 2. The minimum Gasteiger partial charge on any atom is -0.274 e. The molecule has 4 heteroatoms. The fourth-order valence-electron chi connectivity index (χ4n) is 1.39. The lowest BCUT2D eigenvalue weighted by Crippen LogP contribution is -2.46. The lowest BCUT2D eigenvalue weighted by atomic mass is 10.0. The molecule has 0 aromatic carbocycles. The first-order chi connectivity index (χ1) is 6.57. The summed E-state index contributed by atoms with van der Waals surface area (Å²) < 4.78 is 0. The van der Waals surface area contributed by atoms with Crippen molar-refractivity contribution in [3.63, 3.8) is 0 Å². The summed E-state index contributed by atoms with van der Waals surface area (Å²) >= 11 is 0. The Morgan fingerprint density at radius 1 is 1.36 bits per heavy atom. The third-order valence-corrected chi connectivity index (χ3v) is 2.53. The Labute approximate surface area is 83.3 Å². The van der Waals surface area contributed by atoms with Crippen molar-refractivity contribution in [3.8, 4) is 0 Å². The first kappa shape index (κ1) is 10.9. The monoisotopic (exact) mass is 197 g/mol. The molecule has 1 aliphatic rings. The first-order valence-electron chi connectivity index (χ1n) is 4.97. The van der Waals surface area contributed by atoms with Gasteiger partial charge in [0, 0.05) is 18.8 Å². The van der Waals surface area contributed by atoms with Crippen LogP contribution in [0.3, 0.4) is 0 Å². The Hall–Kier alpha value is -1.19. The second-order valence-corrected chi connectivity index (χ2v) is 3.62. The SMILES string of the molecule is CCC(C)C(=O)N1C(=O)CCCC1=O. The quantitative estimate of drug-likeness (QED) is 0.623. The van der Waals surface area contributed by atoms with Gasteiger partial charge in [-0.2, -0.15) is 0 Å². The molecule has 1 heterocycles. The normalized spacial score (nSPS) is 19.7. The zero-order valence-electron chi connectivity index (χ0n) is 8.58. The van der Waals surface area contributed by atoms with Crippen molar-refractivity contribution < 1.29 is 14.4 Å². The number of likely N-dealkylation sites (tertiary alicyclic amines) is 1. The minimum atomic E-state index is -0.345. The average Bonchev–Trinajstić information content (AvgIpc) is 2.16. The lowest BCUT2D eigenvalue weighted by Gasteiger charge is -2.25. The van der Waals surface area contributed by atoms with Gasteiger partial charge in [0.15, 0.2) is 0 Å². The number of hydrogen-bond acceptors (Lipinski definition) is 3. The molecule has 0 aromatic heterocycles. The summed E-state index contributed by atoms with van der Waals surface area (Å²) in [6, 6.07) is 0. The van der Waals surface area contributed by atoms with Crippen LogP contribution in [0.25, 0.3) is 0 Å². The molecule has 1 unspecified atom stereocenters. The second-order valence-electron chi connectivity index (χ2n) is 3.62. The van der Waals surface area contributed by atoms with Crippen molar-refractivity contribution in [2.75, 3.05) is 0 Å². The van der Waals surface area contributed by atoms with Gasteiger partial charge in [0.25, 0.3) is 0 Å². The van der Waals surface area contributed by atoms with E-state index in [1.807, 2.05) is 6.92 Å². The molecule has 4 nitrogen and oxygen atoms in total. The predicted molar refractivity (Wildman–Crippen MR) is 50.2 cm³/mol. The van der Waals surface area contributed by atoms with E-state index in [2.05, 4.69) is 0 Å². The zero-order chi connectivity index (χ0) is 10.7. The van der Waals surface area contributed by atoms with E-state index >= 15 is 0 Å². The third kappa shape index (κ3) is 2.00. The lowest BCUT2D eigenvalue weighted by molar-refractivity contribution is -0.158. The number of nitrogens with zero attached hydrogens (tertiary/aromatic N) is 1. The van der Waals surface area contributed by atoms with Crippen LogP contribution >= 0.6 is 0 Å². The molecule has 0 spiro atoms. The first-order valence-corrected chi connectivity index (χ1v) is 4.97. The molecule has 1 rings (SSSR count). The molecule has 0 N–H and O–H groups in total. The number of piperidine rings is 1. The van der Waals surface area contributed by atoms with Crippen LogP contribution in [0.5, 0.6) is 0 Å². The van der Waals surface area contributed by atoms with Gasteiger partial charge in [-0.05, 0) is 12.8 Å². The van der Waals surface area contributed by atoms with Crippen molar-refractivity contribution in [3.05, 3.63) is 0 Å². The highest BCUT2D eigenvalue weighted by Gasteiger charge is 2.33. The van der Waals surface area contributed by atoms with Crippen LogP contribution < -0.4 is 0 Å². The fourth-order valence-corrected chi connectivity index (χ4v) is 1.39. The molecular weight excluding hydrogens is 182 g/mol. The predicted octanol–water partition coefficient (Wildman–Crippen LogP) is 1.10. The number of carbonyl (C=O) groups is 3. The van der Waals surface area contributed by atoms with Crippen LogP contribution in [0.1, 0.15) is 39.5 Å². The Morgan fingerprint density at radius 3 is 2.29 bits per heavy atom. The van der Waals surface area contributed by atoms with Crippen LogP contribution in [0.15, 0.2) is 0 Å². The molecule has 0 aliphatic carbocycles. The van der Waals surface area contributed by atoms with E-state index in [0.717, 1.165) is 4.90 Å². The van der Waals surface area contributed by atoms with Gasteiger partial charge in [-0.15, -0.1) is 0 Å². The molecule has 0 aromatic rings. The molecule has 0 bridgehead atoms. The summed E-state index contributed by atoms with van der Waals surface area (Å²) in [5, 5.41) is 0. The summed E-state index contributed by atoms with van der Waals surface area (Å²) in [5.41, 5.74) is 0. The summed E-state index contributed by atoms with van der Waals surface area (Å²) in [6.45, 7) is 3.60. The van der Waals surface area contributed by atoms with E-state index in [1.54, 1.807) is 6.92 Å². The number of carbonyl (C=O) groups excluding carboxylic acids is 3. The van der Waals surface area contributed by atoms with E-state index < -0.39 is 0 Å². The Bertz CT molecular complexity index is 257. The summed E-state index contributed by atoms with van der Waals surface area (Å²) in [6.07, 6.45) is 1.85. The van der Waals surface area contributed by atoms with E-state index in [9.17, 15) is 14.4 Å². The molecule has 1 atom stereocenters. The van der Waals surface area contributed by atoms with Crippen LogP contribution in [0.4, 0.5) is 0 Å². The van der Waals surface area contributed by atoms with Gasteiger partial charge in [0.2, 0.25) is 17.7 Å². The largest absolute Gasteiger partial charge is 0.274 e. The van der Waals surface area contributed by atoms with Gasteiger partial charge < -0.3 is 0 Å². The number of imide groups is 3. The third-order valence-electron chi connectivity index (χ3n) is 2.53. The van der Waals surface area contributed by atoms with E-state index in [-0.39, 0.29) is 23.6 Å². The molecule has 1 saturated heterocycles. The molecule has 0 saturated carbocycles. The van der Waals surface area contributed by atoms with E-state index in [1.165, 1.54) is 0 Å². The smallest absolute Gasteiger partial charge is 0.238 e. The molecule has 3 amide bonds.